The molecule has 0 aliphatic carbocycles. The number of aromatic nitrogens is 3. The zero-order chi connectivity index (χ0) is 10.4. The SMILES string of the molecule is CC.Cc1noc(-c2ccncc2)n1. The minimum atomic E-state index is 0.537. The summed E-state index contributed by atoms with van der Waals surface area (Å²) in [6.45, 7) is 5.79. The van der Waals surface area contributed by atoms with Gasteiger partial charge in [-0.1, -0.05) is 19.0 Å². The summed E-state index contributed by atoms with van der Waals surface area (Å²) in [7, 11) is 0. The van der Waals surface area contributed by atoms with Crippen molar-refractivity contribution in [2.75, 3.05) is 0 Å². The van der Waals surface area contributed by atoms with Crippen molar-refractivity contribution < 1.29 is 4.52 Å². The van der Waals surface area contributed by atoms with Gasteiger partial charge in [0.25, 0.3) is 5.89 Å². The second-order valence-corrected chi connectivity index (χ2v) is 2.38. The van der Waals surface area contributed by atoms with Crippen molar-refractivity contribution in [3.05, 3.63) is 30.4 Å². The number of aryl methyl sites for hydroxylation is 1. The zero-order valence-electron chi connectivity index (χ0n) is 8.56. The van der Waals surface area contributed by atoms with Crippen LogP contribution in [0.5, 0.6) is 0 Å². The van der Waals surface area contributed by atoms with Crippen LogP contribution < -0.4 is 0 Å². The number of hydrogen-bond acceptors (Lipinski definition) is 4. The zero-order valence-corrected chi connectivity index (χ0v) is 8.56. The van der Waals surface area contributed by atoms with E-state index in [2.05, 4.69) is 15.1 Å². The first kappa shape index (κ1) is 10.4. The molecule has 0 saturated carbocycles. The normalized spacial score (nSPS) is 9.07. The van der Waals surface area contributed by atoms with E-state index in [1.165, 1.54) is 0 Å². The van der Waals surface area contributed by atoms with Crippen molar-refractivity contribution in [1.82, 2.24) is 15.1 Å². The van der Waals surface area contributed by atoms with Crippen LogP contribution in [0.25, 0.3) is 11.5 Å². The number of nitrogens with zero attached hydrogens (tertiary/aromatic N) is 3. The van der Waals surface area contributed by atoms with E-state index >= 15 is 0 Å². The molecule has 2 heterocycles. The van der Waals surface area contributed by atoms with E-state index in [0.29, 0.717) is 11.7 Å². The third-order valence-corrected chi connectivity index (χ3v) is 1.45. The van der Waals surface area contributed by atoms with Crippen LogP contribution >= 0.6 is 0 Å². The van der Waals surface area contributed by atoms with Crippen molar-refractivity contribution in [2.24, 2.45) is 0 Å². The predicted octanol–water partition coefficient (Wildman–Crippen LogP) is 2.47. The summed E-state index contributed by atoms with van der Waals surface area (Å²) in [5.41, 5.74) is 0.894. The molecule has 14 heavy (non-hydrogen) atoms. The third-order valence-electron chi connectivity index (χ3n) is 1.45. The molecule has 0 aromatic carbocycles. The van der Waals surface area contributed by atoms with E-state index in [0.717, 1.165) is 5.56 Å². The van der Waals surface area contributed by atoms with E-state index in [1.807, 2.05) is 26.0 Å². The van der Waals surface area contributed by atoms with Crippen LogP contribution in [0.4, 0.5) is 0 Å². The van der Waals surface area contributed by atoms with Gasteiger partial charge in [0.15, 0.2) is 5.82 Å². The van der Waals surface area contributed by atoms with E-state index < -0.39 is 0 Å². The molecular weight excluding hydrogens is 178 g/mol. The van der Waals surface area contributed by atoms with E-state index in [-0.39, 0.29) is 0 Å². The summed E-state index contributed by atoms with van der Waals surface area (Å²) in [6.07, 6.45) is 3.38. The summed E-state index contributed by atoms with van der Waals surface area (Å²) < 4.78 is 4.96. The highest BCUT2D eigenvalue weighted by Crippen LogP contribution is 2.14. The molecule has 2 aromatic heterocycles. The first-order valence-corrected chi connectivity index (χ1v) is 4.57. The minimum Gasteiger partial charge on any atom is -0.334 e. The highest BCUT2D eigenvalue weighted by molar-refractivity contribution is 5.50. The lowest BCUT2D eigenvalue weighted by Crippen LogP contribution is -1.77. The first-order chi connectivity index (χ1) is 6.86. The van der Waals surface area contributed by atoms with Crippen LogP contribution in [-0.4, -0.2) is 15.1 Å². The molecule has 0 N–H and O–H groups in total. The van der Waals surface area contributed by atoms with Crippen molar-refractivity contribution in [1.29, 1.82) is 0 Å². The van der Waals surface area contributed by atoms with Gasteiger partial charge in [-0.2, -0.15) is 4.98 Å². The lowest BCUT2D eigenvalue weighted by Gasteiger charge is -1.89. The van der Waals surface area contributed by atoms with Crippen LogP contribution in [0.2, 0.25) is 0 Å². The molecule has 0 aliphatic heterocycles. The second-order valence-electron chi connectivity index (χ2n) is 2.38. The van der Waals surface area contributed by atoms with Crippen LogP contribution in [-0.2, 0) is 0 Å². The molecule has 4 nitrogen and oxygen atoms in total. The number of pyridine rings is 1. The standard InChI is InChI=1S/C8H7N3O.C2H6/c1-6-10-8(12-11-6)7-2-4-9-5-3-7;1-2/h2-5H,1H3;1-2H3. The third kappa shape index (κ3) is 2.39. The van der Waals surface area contributed by atoms with Crippen LogP contribution in [0, 0.1) is 6.92 Å². The highest BCUT2D eigenvalue weighted by atomic mass is 16.5. The molecule has 0 atom stereocenters. The Labute approximate surface area is 83.0 Å². The monoisotopic (exact) mass is 191 g/mol. The summed E-state index contributed by atoms with van der Waals surface area (Å²) in [6, 6.07) is 3.65. The minimum absolute atomic E-state index is 0.537. The summed E-state index contributed by atoms with van der Waals surface area (Å²) in [5.74, 6) is 1.18. The Balaban J connectivity index is 0.000000461. The summed E-state index contributed by atoms with van der Waals surface area (Å²) >= 11 is 0. The Hall–Kier alpha value is -1.71. The molecule has 2 aromatic rings. The fourth-order valence-corrected chi connectivity index (χ4v) is 0.909. The fourth-order valence-electron chi connectivity index (χ4n) is 0.909. The van der Waals surface area contributed by atoms with Gasteiger partial charge in [0.1, 0.15) is 0 Å². The lowest BCUT2D eigenvalue weighted by atomic mass is 10.3. The maximum Gasteiger partial charge on any atom is 0.258 e. The fraction of sp³-hybridized carbons (Fsp3) is 0.300. The summed E-state index contributed by atoms with van der Waals surface area (Å²) in [4.78, 5) is 7.96. The van der Waals surface area contributed by atoms with Crippen molar-refractivity contribution in [3.8, 4) is 11.5 Å². The number of hydrogen-bond donors (Lipinski definition) is 0. The molecule has 0 amide bonds. The van der Waals surface area contributed by atoms with Crippen molar-refractivity contribution in [3.63, 3.8) is 0 Å². The van der Waals surface area contributed by atoms with E-state index in [9.17, 15) is 0 Å². The van der Waals surface area contributed by atoms with Crippen molar-refractivity contribution in [2.45, 2.75) is 20.8 Å². The van der Waals surface area contributed by atoms with Crippen LogP contribution in [0.15, 0.2) is 29.0 Å². The summed E-state index contributed by atoms with van der Waals surface area (Å²) in [5, 5.41) is 3.69. The second kappa shape index (κ2) is 5.11. The Morgan fingerprint density at radius 2 is 1.79 bits per heavy atom. The van der Waals surface area contributed by atoms with Gasteiger partial charge in [0.2, 0.25) is 0 Å². The van der Waals surface area contributed by atoms with E-state index in [4.69, 9.17) is 4.52 Å². The van der Waals surface area contributed by atoms with E-state index in [1.54, 1.807) is 19.3 Å². The molecule has 0 aliphatic rings. The maximum atomic E-state index is 4.96. The van der Waals surface area contributed by atoms with Crippen LogP contribution in [0.1, 0.15) is 19.7 Å². The van der Waals surface area contributed by atoms with Crippen LogP contribution in [0.3, 0.4) is 0 Å². The highest BCUT2D eigenvalue weighted by Gasteiger charge is 2.03. The van der Waals surface area contributed by atoms with Gasteiger partial charge < -0.3 is 4.52 Å². The van der Waals surface area contributed by atoms with Gasteiger partial charge >= 0.3 is 0 Å². The molecule has 0 fully saturated rings. The smallest absolute Gasteiger partial charge is 0.258 e. The molecule has 2 rings (SSSR count). The Bertz CT molecular complexity index is 370. The number of rotatable bonds is 1. The molecule has 4 heteroatoms. The van der Waals surface area contributed by atoms with Gasteiger partial charge in [-0.3, -0.25) is 4.98 Å². The average molecular weight is 191 g/mol. The van der Waals surface area contributed by atoms with Gasteiger partial charge in [-0.05, 0) is 19.1 Å². The Morgan fingerprint density at radius 3 is 2.29 bits per heavy atom. The first-order valence-electron chi connectivity index (χ1n) is 4.57. The molecule has 0 radical (unpaired) electrons. The topological polar surface area (TPSA) is 51.8 Å². The quantitative estimate of drug-likeness (QED) is 0.694. The predicted molar refractivity (Wildman–Crippen MR) is 53.6 cm³/mol. The van der Waals surface area contributed by atoms with Gasteiger partial charge in [0, 0.05) is 18.0 Å². The van der Waals surface area contributed by atoms with Crippen molar-refractivity contribution >= 4 is 0 Å². The lowest BCUT2D eigenvalue weighted by molar-refractivity contribution is 0.425. The largest absolute Gasteiger partial charge is 0.334 e. The molecule has 74 valence electrons. The van der Waals surface area contributed by atoms with Gasteiger partial charge in [0.05, 0.1) is 0 Å². The molecule has 0 spiro atoms. The average Bonchev–Trinajstić information content (AvgIpc) is 2.69. The maximum absolute atomic E-state index is 4.96. The molecule has 0 bridgehead atoms. The Kier molecular flexibility index (Phi) is 3.79. The van der Waals surface area contributed by atoms with Gasteiger partial charge in [-0.15, -0.1) is 0 Å². The molecule has 0 unspecified atom stereocenters. The molecule has 0 saturated heterocycles. The Morgan fingerprint density at radius 1 is 1.14 bits per heavy atom. The van der Waals surface area contributed by atoms with Gasteiger partial charge in [-0.25, -0.2) is 0 Å². The molecular formula is C10H13N3O.